The number of hydrogen-bond acceptors (Lipinski definition) is 3. The molecule has 6 heteroatoms. The summed E-state index contributed by atoms with van der Waals surface area (Å²) in [6.07, 6.45) is 4.26. The molecule has 3 aromatic rings. The molecule has 0 fully saturated rings. The van der Waals surface area contributed by atoms with Crippen LogP contribution in [0.5, 0.6) is 5.75 Å². The van der Waals surface area contributed by atoms with Crippen molar-refractivity contribution in [1.29, 1.82) is 0 Å². The maximum absolute atomic E-state index is 12.5. The average Bonchev–Trinajstić information content (AvgIpc) is 3.12. The zero-order valence-electron chi connectivity index (χ0n) is 15.7. The molecule has 0 aliphatic carbocycles. The molecule has 28 heavy (non-hydrogen) atoms. The number of amides is 1. The molecule has 1 aliphatic rings. The van der Waals surface area contributed by atoms with E-state index in [4.69, 9.17) is 16.3 Å². The van der Waals surface area contributed by atoms with Crippen LogP contribution in [0.1, 0.15) is 43.2 Å². The minimum absolute atomic E-state index is 0.0374. The summed E-state index contributed by atoms with van der Waals surface area (Å²) in [4.78, 5) is 12.5. The molecule has 0 spiro atoms. The fraction of sp³-hybridized carbons (Fsp3) is 0.273. The van der Waals surface area contributed by atoms with Gasteiger partial charge in [-0.1, -0.05) is 49.2 Å². The minimum Gasteiger partial charge on any atom is -0.493 e. The van der Waals surface area contributed by atoms with Crippen molar-refractivity contribution in [2.24, 2.45) is 0 Å². The fourth-order valence-electron chi connectivity index (χ4n) is 3.53. The second kappa shape index (κ2) is 8.07. The van der Waals surface area contributed by atoms with Gasteiger partial charge in [-0.2, -0.15) is 5.10 Å². The van der Waals surface area contributed by atoms with Gasteiger partial charge < -0.3 is 10.1 Å². The number of nitrogens with zero attached hydrogens (tertiary/aromatic N) is 2. The number of aromatic nitrogens is 2. The van der Waals surface area contributed by atoms with E-state index in [9.17, 15) is 4.79 Å². The Morgan fingerprint density at radius 1 is 1.21 bits per heavy atom. The van der Waals surface area contributed by atoms with Gasteiger partial charge in [0.15, 0.2) is 0 Å². The predicted octanol–water partition coefficient (Wildman–Crippen LogP) is 5.18. The second-order valence-electron chi connectivity index (χ2n) is 6.88. The molecule has 1 N–H and O–H groups in total. The number of nitrogens with one attached hydrogen (secondary N) is 1. The number of carbonyl (C=O) groups is 1. The van der Waals surface area contributed by atoms with Gasteiger partial charge >= 0.3 is 0 Å². The number of fused-ring (bicyclic) bond motifs is 1. The van der Waals surface area contributed by atoms with Crippen molar-refractivity contribution >= 4 is 23.3 Å². The highest BCUT2D eigenvalue weighted by Crippen LogP contribution is 2.41. The lowest BCUT2D eigenvalue weighted by Gasteiger charge is -2.25. The van der Waals surface area contributed by atoms with Crippen molar-refractivity contribution in [1.82, 2.24) is 9.78 Å². The fourth-order valence-corrected chi connectivity index (χ4v) is 3.71. The third kappa shape index (κ3) is 3.62. The second-order valence-corrected chi connectivity index (χ2v) is 7.32. The van der Waals surface area contributed by atoms with Gasteiger partial charge in [0.25, 0.3) is 0 Å². The Hall–Kier alpha value is -2.79. The number of rotatable bonds is 6. The first-order chi connectivity index (χ1) is 13.7. The van der Waals surface area contributed by atoms with E-state index in [1.807, 2.05) is 54.7 Å². The van der Waals surface area contributed by atoms with Crippen molar-refractivity contribution in [3.8, 4) is 11.4 Å². The first-order valence-electron chi connectivity index (χ1n) is 9.52. The van der Waals surface area contributed by atoms with Crippen LogP contribution in [0.2, 0.25) is 5.02 Å². The third-order valence-corrected chi connectivity index (χ3v) is 5.16. The predicted molar refractivity (Wildman–Crippen MR) is 111 cm³/mol. The van der Waals surface area contributed by atoms with Crippen LogP contribution >= 0.6 is 11.6 Å². The van der Waals surface area contributed by atoms with E-state index in [-0.39, 0.29) is 11.8 Å². The summed E-state index contributed by atoms with van der Waals surface area (Å²) in [5.41, 5.74) is 2.80. The molecule has 1 atom stereocenters. The number of ether oxygens (including phenoxy) is 1. The standard InChI is InChI=1S/C22H22ClN3O2/c1-2-3-11-28-20-10-5-4-9-17(20)18-13-21(27)25-22-19(18)14-24-26(22)16-8-6-7-15(23)12-16/h4-10,12,14,18H,2-3,11,13H2,1H3,(H,25,27)/t18-/m1/s1. The number of unbranched alkanes of at least 4 members (excludes halogenated alkanes) is 1. The smallest absolute Gasteiger partial charge is 0.226 e. The van der Waals surface area contributed by atoms with E-state index in [0.29, 0.717) is 23.9 Å². The van der Waals surface area contributed by atoms with Crippen molar-refractivity contribution in [2.45, 2.75) is 32.1 Å². The summed E-state index contributed by atoms with van der Waals surface area (Å²) < 4.78 is 7.74. The van der Waals surface area contributed by atoms with Crippen LogP contribution in [0, 0.1) is 0 Å². The van der Waals surface area contributed by atoms with Gasteiger partial charge in [0, 0.05) is 28.5 Å². The van der Waals surface area contributed by atoms with E-state index in [1.54, 1.807) is 4.68 Å². The lowest BCUT2D eigenvalue weighted by atomic mass is 9.87. The SMILES string of the molecule is CCCCOc1ccccc1[C@H]1CC(=O)Nc2c1cnn2-c1cccc(Cl)c1. The molecule has 0 saturated carbocycles. The molecule has 0 saturated heterocycles. The molecule has 2 aromatic carbocycles. The molecular formula is C22H22ClN3O2. The maximum atomic E-state index is 12.5. The Kier molecular flexibility index (Phi) is 5.35. The number of halogens is 1. The van der Waals surface area contributed by atoms with Gasteiger partial charge in [-0.15, -0.1) is 0 Å². The van der Waals surface area contributed by atoms with Gasteiger partial charge in [0.05, 0.1) is 18.5 Å². The monoisotopic (exact) mass is 395 g/mol. The summed E-state index contributed by atoms with van der Waals surface area (Å²) in [5.74, 6) is 1.38. The van der Waals surface area contributed by atoms with E-state index in [0.717, 1.165) is 35.4 Å². The van der Waals surface area contributed by atoms with Gasteiger partial charge in [0.2, 0.25) is 5.91 Å². The number of anilines is 1. The van der Waals surface area contributed by atoms with Crippen LogP contribution in [-0.4, -0.2) is 22.3 Å². The Balaban J connectivity index is 1.74. The molecule has 2 heterocycles. The van der Waals surface area contributed by atoms with Crippen molar-refractivity contribution in [2.75, 3.05) is 11.9 Å². The summed E-state index contributed by atoms with van der Waals surface area (Å²) in [6.45, 7) is 2.80. The molecule has 0 unspecified atom stereocenters. The molecule has 0 bridgehead atoms. The van der Waals surface area contributed by atoms with Crippen LogP contribution in [0.3, 0.4) is 0 Å². The zero-order valence-corrected chi connectivity index (χ0v) is 16.4. The molecule has 1 amide bonds. The van der Waals surface area contributed by atoms with E-state index >= 15 is 0 Å². The first-order valence-corrected chi connectivity index (χ1v) is 9.90. The molecule has 0 radical (unpaired) electrons. The Morgan fingerprint density at radius 3 is 2.89 bits per heavy atom. The van der Waals surface area contributed by atoms with Crippen LogP contribution in [0.15, 0.2) is 54.7 Å². The molecule has 1 aromatic heterocycles. The summed E-state index contributed by atoms with van der Waals surface area (Å²) in [6, 6.07) is 15.4. The number of para-hydroxylation sites is 1. The lowest BCUT2D eigenvalue weighted by Crippen LogP contribution is -2.25. The minimum atomic E-state index is -0.102. The van der Waals surface area contributed by atoms with Gasteiger partial charge in [-0.05, 0) is 30.7 Å². The molecule has 144 valence electrons. The number of hydrogen-bond donors (Lipinski definition) is 1. The van der Waals surface area contributed by atoms with Crippen molar-refractivity contribution in [3.05, 3.63) is 70.9 Å². The Morgan fingerprint density at radius 2 is 2.07 bits per heavy atom. The van der Waals surface area contributed by atoms with Crippen LogP contribution in [0.25, 0.3) is 5.69 Å². The van der Waals surface area contributed by atoms with Crippen molar-refractivity contribution in [3.63, 3.8) is 0 Å². The first kappa shape index (κ1) is 18.6. The summed E-state index contributed by atoms with van der Waals surface area (Å²) in [5, 5.41) is 8.12. The zero-order chi connectivity index (χ0) is 19.5. The Bertz CT molecular complexity index is 999. The maximum Gasteiger partial charge on any atom is 0.226 e. The Labute approximate surface area is 169 Å². The van der Waals surface area contributed by atoms with Gasteiger partial charge in [-0.25, -0.2) is 4.68 Å². The molecule has 4 rings (SSSR count). The third-order valence-electron chi connectivity index (χ3n) is 4.92. The summed E-state index contributed by atoms with van der Waals surface area (Å²) in [7, 11) is 0. The lowest BCUT2D eigenvalue weighted by molar-refractivity contribution is -0.116. The van der Waals surface area contributed by atoms with Crippen LogP contribution in [0.4, 0.5) is 5.82 Å². The summed E-state index contributed by atoms with van der Waals surface area (Å²) >= 11 is 6.13. The average molecular weight is 396 g/mol. The molecule has 1 aliphatic heterocycles. The largest absolute Gasteiger partial charge is 0.493 e. The highest BCUT2D eigenvalue weighted by molar-refractivity contribution is 6.30. The van der Waals surface area contributed by atoms with E-state index in [1.165, 1.54) is 0 Å². The van der Waals surface area contributed by atoms with Gasteiger partial charge in [-0.3, -0.25) is 4.79 Å². The van der Waals surface area contributed by atoms with E-state index in [2.05, 4.69) is 17.3 Å². The number of carbonyl (C=O) groups excluding carboxylic acids is 1. The van der Waals surface area contributed by atoms with Crippen molar-refractivity contribution < 1.29 is 9.53 Å². The van der Waals surface area contributed by atoms with Crippen LogP contribution < -0.4 is 10.1 Å². The quantitative estimate of drug-likeness (QED) is 0.585. The molecule has 5 nitrogen and oxygen atoms in total. The normalized spacial score (nSPS) is 15.8. The highest BCUT2D eigenvalue weighted by Gasteiger charge is 2.32. The van der Waals surface area contributed by atoms with E-state index < -0.39 is 0 Å². The topological polar surface area (TPSA) is 56.1 Å². The van der Waals surface area contributed by atoms with Crippen LogP contribution in [-0.2, 0) is 4.79 Å². The molecular weight excluding hydrogens is 374 g/mol. The van der Waals surface area contributed by atoms with Gasteiger partial charge in [0.1, 0.15) is 11.6 Å². The number of benzene rings is 2. The highest BCUT2D eigenvalue weighted by atomic mass is 35.5.